The molecule has 0 saturated carbocycles. The number of amides is 1. The van der Waals surface area contributed by atoms with Crippen molar-refractivity contribution in [3.8, 4) is 5.88 Å². The van der Waals surface area contributed by atoms with Gasteiger partial charge in [-0.1, -0.05) is 0 Å². The number of likely N-dealkylation sites (tertiary alicyclic amines) is 1. The highest BCUT2D eigenvalue weighted by molar-refractivity contribution is 7.18. The third-order valence-electron chi connectivity index (χ3n) is 6.62. The van der Waals surface area contributed by atoms with E-state index in [1.54, 1.807) is 17.9 Å². The first kappa shape index (κ1) is 21.3. The molecule has 168 valence electrons. The van der Waals surface area contributed by atoms with Gasteiger partial charge in [0.15, 0.2) is 0 Å². The van der Waals surface area contributed by atoms with Crippen LogP contribution in [0.15, 0.2) is 24.3 Å². The Kier molecular flexibility index (Phi) is 5.37. The fraction of sp³-hybridized carbons (Fsp3) is 0.458. The van der Waals surface area contributed by atoms with Crippen LogP contribution in [0.1, 0.15) is 55.1 Å². The lowest BCUT2D eigenvalue weighted by molar-refractivity contribution is -0.129. The van der Waals surface area contributed by atoms with Gasteiger partial charge < -0.3 is 9.64 Å². The summed E-state index contributed by atoms with van der Waals surface area (Å²) in [4.78, 5) is 24.9. The van der Waals surface area contributed by atoms with E-state index >= 15 is 0 Å². The van der Waals surface area contributed by atoms with Crippen LogP contribution in [0.25, 0.3) is 10.2 Å². The van der Waals surface area contributed by atoms with Crippen molar-refractivity contribution >= 4 is 27.5 Å². The number of thiazole rings is 1. The van der Waals surface area contributed by atoms with Crippen molar-refractivity contribution in [2.75, 3.05) is 6.54 Å². The number of hydrogen-bond donors (Lipinski definition) is 0. The van der Waals surface area contributed by atoms with Crippen LogP contribution in [0.2, 0.25) is 0 Å². The summed E-state index contributed by atoms with van der Waals surface area (Å²) in [6.45, 7) is 9.57. The minimum atomic E-state index is -0.180. The molecule has 1 aromatic carbocycles. The number of benzene rings is 1. The summed E-state index contributed by atoms with van der Waals surface area (Å²) in [5.74, 6) is 0.463. The normalized spacial score (nSPS) is 21.8. The maximum Gasteiger partial charge on any atom is 0.220 e. The third-order valence-corrected chi connectivity index (χ3v) is 7.56. The molecule has 0 aliphatic carbocycles. The Morgan fingerprint density at radius 1 is 1.28 bits per heavy atom. The van der Waals surface area contributed by atoms with E-state index in [-0.39, 0.29) is 29.9 Å². The van der Waals surface area contributed by atoms with Crippen LogP contribution in [0, 0.1) is 12.7 Å². The lowest BCUT2D eigenvalue weighted by atomic mass is 10.0. The van der Waals surface area contributed by atoms with E-state index in [0.717, 1.165) is 32.9 Å². The average molecular weight is 455 g/mol. The van der Waals surface area contributed by atoms with E-state index in [0.29, 0.717) is 31.1 Å². The highest BCUT2D eigenvalue weighted by atomic mass is 32.1. The van der Waals surface area contributed by atoms with Crippen LogP contribution >= 0.6 is 11.3 Å². The Hall–Kier alpha value is -2.58. The molecule has 1 amide bonds. The molecule has 1 fully saturated rings. The standard InChI is InChI=1S/C24H27FN4O2S/c1-13-7-18(31-24-6-5-17-10-28(16(4)30)12-22(17)27-24)11-29(13)14(2)19-8-21-23(9-20(19)25)32-15(3)26-21/h5-6,8-9,13-14,18H,7,10-12H2,1-4H3/t13-,14-,18?/m0/s1. The largest absolute Gasteiger partial charge is 0.473 e. The van der Waals surface area contributed by atoms with Crippen molar-refractivity contribution in [1.29, 1.82) is 0 Å². The number of carbonyl (C=O) groups is 1. The summed E-state index contributed by atoms with van der Waals surface area (Å²) in [5, 5.41) is 0.945. The Labute approximate surface area is 191 Å². The van der Waals surface area contributed by atoms with E-state index in [2.05, 4.69) is 21.8 Å². The summed E-state index contributed by atoms with van der Waals surface area (Å²) < 4.78 is 22.0. The van der Waals surface area contributed by atoms with Gasteiger partial charge in [0.25, 0.3) is 0 Å². The molecule has 3 aromatic rings. The summed E-state index contributed by atoms with van der Waals surface area (Å²) >= 11 is 1.52. The van der Waals surface area contributed by atoms with Crippen LogP contribution in [-0.2, 0) is 17.9 Å². The molecule has 2 aliphatic heterocycles. The summed E-state index contributed by atoms with van der Waals surface area (Å²) in [6, 6.07) is 7.56. The molecule has 0 radical (unpaired) electrons. The van der Waals surface area contributed by atoms with Crippen LogP contribution in [-0.4, -0.2) is 44.4 Å². The zero-order chi connectivity index (χ0) is 22.6. The topological polar surface area (TPSA) is 58.6 Å². The highest BCUT2D eigenvalue weighted by Crippen LogP contribution is 2.35. The van der Waals surface area contributed by atoms with Crippen molar-refractivity contribution < 1.29 is 13.9 Å². The second-order valence-electron chi connectivity index (χ2n) is 8.90. The quantitative estimate of drug-likeness (QED) is 0.577. The predicted octanol–water partition coefficient (Wildman–Crippen LogP) is 4.60. The second-order valence-corrected chi connectivity index (χ2v) is 10.1. The van der Waals surface area contributed by atoms with E-state index in [4.69, 9.17) is 4.74 Å². The molecule has 0 spiro atoms. The molecule has 1 unspecified atom stereocenters. The molecule has 2 aliphatic rings. The maximum atomic E-state index is 14.9. The van der Waals surface area contributed by atoms with Gasteiger partial charge in [-0.05, 0) is 44.5 Å². The highest BCUT2D eigenvalue weighted by Gasteiger charge is 2.35. The number of pyridine rings is 1. The average Bonchev–Trinajstić information content (AvgIpc) is 3.42. The first-order chi connectivity index (χ1) is 15.3. The van der Waals surface area contributed by atoms with E-state index in [9.17, 15) is 9.18 Å². The zero-order valence-corrected chi connectivity index (χ0v) is 19.6. The predicted molar refractivity (Wildman–Crippen MR) is 122 cm³/mol. The number of hydrogen-bond acceptors (Lipinski definition) is 6. The lowest BCUT2D eigenvalue weighted by Gasteiger charge is -2.29. The minimum Gasteiger partial charge on any atom is -0.473 e. The Morgan fingerprint density at radius 3 is 2.88 bits per heavy atom. The van der Waals surface area contributed by atoms with Crippen LogP contribution in [0.3, 0.4) is 0 Å². The molecule has 6 nitrogen and oxygen atoms in total. The number of fused-ring (bicyclic) bond motifs is 2. The van der Waals surface area contributed by atoms with Gasteiger partial charge >= 0.3 is 0 Å². The Morgan fingerprint density at radius 2 is 2.09 bits per heavy atom. The van der Waals surface area contributed by atoms with Gasteiger partial charge in [0.05, 0.1) is 27.5 Å². The van der Waals surface area contributed by atoms with Crippen LogP contribution in [0.5, 0.6) is 5.88 Å². The fourth-order valence-electron chi connectivity index (χ4n) is 4.90. The van der Waals surface area contributed by atoms with Crippen molar-refractivity contribution in [3.05, 3.63) is 51.9 Å². The van der Waals surface area contributed by atoms with Crippen molar-refractivity contribution in [2.45, 2.75) is 65.4 Å². The maximum absolute atomic E-state index is 14.9. The number of rotatable bonds is 4. The van der Waals surface area contributed by atoms with Gasteiger partial charge in [0, 0.05) is 50.1 Å². The van der Waals surface area contributed by atoms with Crippen LogP contribution < -0.4 is 4.74 Å². The monoisotopic (exact) mass is 454 g/mol. The molecule has 3 atom stereocenters. The SMILES string of the molecule is CC(=O)N1Cc2ccc(OC3C[C@H](C)N([C@@H](C)c4cc5nc(C)sc5cc4F)C3)nc2C1. The van der Waals surface area contributed by atoms with Gasteiger partial charge in [-0.3, -0.25) is 9.69 Å². The van der Waals surface area contributed by atoms with Gasteiger partial charge in [-0.15, -0.1) is 11.3 Å². The number of halogens is 1. The molecule has 2 aromatic heterocycles. The first-order valence-electron chi connectivity index (χ1n) is 11.0. The zero-order valence-electron chi connectivity index (χ0n) is 18.8. The summed E-state index contributed by atoms with van der Waals surface area (Å²) in [6.07, 6.45) is 0.833. The van der Waals surface area contributed by atoms with Gasteiger partial charge in [-0.2, -0.15) is 0 Å². The second kappa shape index (κ2) is 8.08. The van der Waals surface area contributed by atoms with Gasteiger partial charge in [0.1, 0.15) is 11.9 Å². The molecular formula is C24H27FN4O2S. The Balaban J connectivity index is 1.30. The molecule has 5 rings (SSSR count). The number of carbonyl (C=O) groups excluding carboxylic acids is 1. The fourth-order valence-corrected chi connectivity index (χ4v) is 5.74. The van der Waals surface area contributed by atoms with Gasteiger partial charge in [-0.25, -0.2) is 14.4 Å². The van der Waals surface area contributed by atoms with Crippen LogP contribution in [0.4, 0.5) is 4.39 Å². The first-order valence-corrected chi connectivity index (χ1v) is 11.8. The van der Waals surface area contributed by atoms with Crippen molar-refractivity contribution in [1.82, 2.24) is 19.8 Å². The van der Waals surface area contributed by atoms with Crippen molar-refractivity contribution in [3.63, 3.8) is 0 Å². The number of aryl methyl sites for hydroxylation is 1. The van der Waals surface area contributed by atoms with E-state index in [1.807, 2.05) is 32.0 Å². The number of aromatic nitrogens is 2. The molecule has 0 bridgehead atoms. The molecule has 8 heteroatoms. The van der Waals surface area contributed by atoms with E-state index in [1.165, 1.54) is 11.3 Å². The van der Waals surface area contributed by atoms with E-state index < -0.39 is 0 Å². The molecule has 0 N–H and O–H groups in total. The summed E-state index contributed by atoms with van der Waals surface area (Å²) in [7, 11) is 0. The smallest absolute Gasteiger partial charge is 0.220 e. The Bertz CT molecular complexity index is 1200. The van der Waals surface area contributed by atoms with Gasteiger partial charge in [0.2, 0.25) is 11.8 Å². The third kappa shape index (κ3) is 3.86. The molecule has 1 saturated heterocycles. The molecule has 32 heavy (non-hydrogen) atoms. The molecular weight excluding hydrogens is 427 g/mol. The lowest BCUT2D eigenvalue weighted by Crippen LogP contribution is -2.32. The minimum absolute atomic E-state index is 0.0170. The number of nitrogens with zero attached hydrogens (tertiary/aromatic N) is 4. The summed E-state index contributed by atoms with van der Waals surface area (Å²) in [5.41, 5.74) is 3.52. The van der Waals surface area contributed by atoms with Crippen molar-refractivity contribution in [2.24, 2.45) is 0 Å². The number of ether oxygens (including phenoxy) is 1. The molecule has 4 heterocycles.